The van der Waals surface area contributed by atoms with Gasteiger partial charge in [-0.3, -0.25) is 0 Å². The highest BCUT2D eigenvalue weighted by Gasteiger charge is 2.40. The van der Waals surface area contributed by atoms with Gasteiger partial charge in [-0.25, -0.2) is 0 Å². The predicted octanol–water partition coefficient (Wildman–Crippen LogP) is 5.39. The van der Waals surface area contributed by atoms with Gasteiger partial charge in [-0.05, 0) is 43.3 Å². The summed E-state index contributed by atoms with van der Waals surface area (Å²) in [6.45, 7) is 11.8. The van der Waals surface area contributed by atoms with Gasteiger partial charge in [0.2, 0.25) is 0 Å². The van der Waals surface area contributed by atoms with Crippen molar-refractivity contribution in [3.63, 3.8) is 0 Å². The van der Waals surface area contributed by atoms with Crippen LogP contribution in [0.15, 0.2) is 0 Å². The second-order valence-corrected chi connectivity index (χ2v) is 12.8. The van der Waals surface area contributed by atoms with Crippen molar-refractivity contribution in [1.82, 2.24) is 0 Å². The topological polar surface area (TPSA) is 9.23 Å². The van der Waals surface area contributed by atoms with Gasteiger partial charge in [0.25, 0.3) is 0 Å². The summed E-state index contributed by atoms with van der Waals surface area (Å²) in [5.74, 6) is 0.846. The summed E-state index contributed by atoms with van der Waals surface area (Å²) in [4.78, 5) is 0. The molecule has 0 aromatic rings. The lowest BCUT2D eigenvalue weighted by atomic mass is 9.99. The van der Waals surface area contributed by atoms with Crippen LogP contribution in [0.4, 0.5) is 0 Å². The van der Waals surface area contributed by atoms with Crippen LogP contribution in [0.5, 0.6) is 0 Å². The van der Waals surface area contributed by atoms with Crippen LogP contribution in [-0.4, -0.2) is 18.8 Å². The molecule has 0 aromatic heterocycles. The Balaban J connectivity index is 2.65. The fourth-order valence-electron chi connectivity index (χ4n) is 2.38. The van der Waals surface area contributed by atoms with E-state index in [1.54, 1.807) is 0 Å². The highest BCUT2D eigenvalue weighted by molar-refractivity contribution is 14.1. The molecule has 1 saturated carbocycles. The standard InChI is InChI=1S/C14H29IOSi/c1-14(2,3)17(4,5)16-13(10-11-15)12-8-6-7-9-12/h12-13H,6-11H2,1-5H3/t13-/m0/s1. The van der Waals surface area contributed by atoms with Crippen molar-refractivity contribution in [3.05, 3.63) is 0 Å². The van der Waals surface area contributed by atoms with E-state index in [9.17, 15) is 0 Å². The van der Waals surface area contributed by atoms with E-state index in [1.165, 1.54) is 36.5 Å². The second kappa shape index (κ2) is 6.37. The zero-order valence-electron chi connectivity index (χ0n) is 12.2. The number of halogens is 1. The first-order valence-electron chi connectivity index (χ1n) is 7.02. The van der Waals surface area contributed by atoms with Crippen LogP contribution in [0, 0.1) is 5.92 Å². The van der Waals surface area contributed by atoms with Crippen LogP contribution in [0.25, 0.3) is 0 Å². The molecule has 0 amide bonds. The number of rotatable bonds is 5. The maximum absolute atomic E-state index is 6.66. The lowest BCUT2D eigenvalue weighted by Crippen LogP contribution is -2.45. The molecule has 0 heterocycles. The molecule has 0 aromatic carbocycles. The molecular weight excluding hydrogens is 339 g/mol. The van der Waals surface area contributed by atoms with E-state index >= 15 is 0 Å². The molecule has 0 N–H and O–H groups in total. The summed E-state index contributed by atoms with van der Waals surface area (Å²) in [5, 5.41) is 0.342. The van der Waals surface area contributed by atoms with E-state index in [0.717, 1.165) is 5.92 Å². The molecule has 1 aliphatic rings. The van der Waals surface area contributed by atoms with E-state index in [2.05, 4.69) is 56.5 Å². The van der Waals surface area contributed by atoms with Crippen LogP contribution in [0.2, 0.25) is 18.1 Å². The molecule has 1 fully saturated rings. The Morgan fingerprint density at radius 2 is 1.76 bits per heavy atom. The van der Waals surface area contributed by atoms with Crippen molar-refractivity contribution in [1.29, 1.82) is 0 Å². The van der Waals surface area contributed by atoms with Crippen molar-refractivity contribution in [3.8, 4) is 0 Å². The van der Waals surface area contributed by atoms with Crippen LogP contribution in [0.3, 0.4) is 0 Å². The summed E-state index contributed by atoms with van der Waals surface area (Å²) in [5.41, 5.74) is 0. The van der Waals surface area contributed by atoms with Gasteiger partial charge in [-0.1, -0.05) is 56.2 Å². The maximum Gasteiger partial charge on any atom is 0.192 e. The van der Waals surface area contributed by atoms with Crippen LogP contribution in [0.1, 0.15) is 52.9 Å². The van der Waals surface area contributed by atoms with E-state index in [0.29, 0.717) is 11.1 Å². The average molecular weight is 368 g/mol. The predicted molar refractivity (Wildman–Crippen MR) is 87.5 cm³/mol. The monoisotopic (exact) mass is 368 g/mol. The number of hydrogen-bond donors (Lipinski definition) is 0. The third kappa shape index (κ3) is 4.50. The molecule has 0 spiro atoms. The minimum atomic E-state index is -1.58. The molecule has 0 aliphatic heterocycles. The Kier molecular flexibility index (Phi) is 5.98. The van der Waals surface area contributed by atoms with E-state index in [-0.39, 0.29) is 0 Å². The van der Waals surface area contributed by atoms with Crippen molar-refractivity contribution in [2.45, 2.75) is 77.1 Å². The van der Waals surface area contributed by atoms with Gasteiger partial charge < -0.3 is 4.43 Å². The van der Waals surface area contributed by atoms with E-state index in [1.807, 2.05) is 0 Å². The molecular formula is C14H29IOSi. The van der Waals surface area contributed by atoms with Gasteiger partial charge in [0.1, 0.15) is 0 Å². The van der Waals surface area contributed by atoms with Crippen molar-refractivity contribution < 1.29 is 4.43 Å². The van der Waals surface area contributed by atoms with E-state index in [4.69, 9.17) is 4.43 Å². The minimum absolute atomic E-state index is 0.342. The number of hydrogen-bond acceptors (Lipinski definition) is 1. The Morgan fingerprint density at radius 3 is 2.18 bits per heavy atom. The molecule has 1 atom stereocenters. The largest absolute Gasteiger partial charge is 0.414 e. The van der Waals surface area contributed by atoms with Gasteiger partial charge >= 0.3 is 0 Å². The number of alkyl halides is 1. The normalized spacial score (nSPS) is 20.8. The Hall–Kier alpha value is 0.907. The smallest absolute Gasteiger partial charge is 0.192 e. The molecule has 0 radical (unpaired) electrons. The molecule has 0 bridgehead atoms. The molecule has 102 valence electrons. The van der Waals surface area contributed by atoms with Gasteiger partial charge in [-0.15, -0.1) is 0 Å². The second-order valence-electron chi connectivity index (χ2n) is 6.94. The van der Waals surface area contributed by atoms with Gasteiger partial charge in [-0.2, -0.15) is 0 Å². The summed E-state index contributed by atoms with van der Waals surface area (Å²) in [7, 11) is -1.58. The molecule has 1 rings (SSSR count). The average Bonchev–Trinajstić information content (AvgIpc) is 2.67. The summed E-state index contributed by atoms with van der Waals surface area (Å²) < 4.78 is 7.89. The third-order valence-electron chi connectivity index (χ3n) is 4.57. The maximum atomic E-state index is 6.66. The first kappa shape index (κ1) is 16.0. The molecule has 0 unspecified atom stereocenters. The molecule has 1 aliphatic carbocycles. The molecule has 17 heavy (non-hydrogen) atoms. The zero-order valence-corrected chi connectivity index (χ0v) is 15.3. The van der Waals surface area contributed by atoms with Crippen LogP contribution < -0.4 is 0 Å². The highest BCUT2D eigenvalue weighted by Crippen LogP contribution is 2.40. The zero-order chi connectivity index (χ0) is 13.1. The van der Waals surface area contributed by atoms with Crippen molar-refractivity contribution in [2.24, 2.45) is 5.92 Å². The Labute approximate surface area is 122 Å². The highest BCUT2D eigenvalue weighted by atomic mass is 127. The van der Waals surface area contributed by atoms with Gasteiger partial charge in [0.15, 0.2) is 8.32 Å². The first-order valence-corrected chi connectivity index (χ1v) is 11.4. The van der Waals surface area contributed by atoms with Gasteiger partial charge in [0.05, 0.1) is 0 Å². The lowest BCUT2D eigenvalue weighted by Gasteiger charge is -2.41. The van der Waals surface area contributed by atoms with E-state index < -0.39 is 8.32 Å². The Morgan fingerprint density at radius 1 is 1.24 bits per heavy atom. The third-order valence-corrected chi connectivity index (χ3v) is 9.70. The Bertz CT molecular complexity index is 229. The SMILES string of the molecule is CC(C)(C)[Si](C)(C)O[C@@H](CCI)C1CCCC1. The fourth-order valence-corrected chi connectivity index (χ4v) is 4.42. The fraction of sp³-hybridized carbons (Fsp3) is 1.00. The van der Waals surface area contributed by atoms with Gasteiger partial charge in [0, 0.05) is 10.5 Å². The van der Waals surface area contributed by atoms with Crippen molar-refractivity contribution in [2.75, 3.05) is 4.43 Å². The first-order chi connectivity index (χ1) is 7.78. The molecule has 3 heteroatoms. The van der Waals surface area contributed by atoms with Crippen LogP contribution >= 0.6 is 22.6 Å². The van der Waals surface area contributed by atoms with Crippen molar-refractivity contribution >= 4 is 30.9 Å². The summed E-state index contributed by atoms with van der Waals surface area (Å²) >= 11 is 2.50. The minimum Gasteiger partial charge on any atom is -0.414 e. The van der Waals surface area contributed by atoms with Crippen LogP contribution in [-0.2, 0) is 4.43 Å². The quantitative estimate of drug-likeness (QED) is 0.359. The molecule has 0 saturated heterocycles. The summed E-state index contributed by atoms with van der Waals surface area (Å²) in [6.07, 6.45) is 7.42. The molecule has 1 nitrogen and oxygen atoms in total. The summed E-state index contributed by atoms with van der Waals surface area (Å²) in [6, 6.07) is 0. The lowest BCUT2D eigenvalue weighted by molar-refractivity contribution is 0.117.